The van der Waals surface area contributed by atoms with Gasteiger partial charge in [-0.25, -0.2) is 4.79 Å². The van der Waals surface area contributed by atoms with E-state index < -0.39 is 0 Å². The Balaban J connectivity index is 1.88. The summed E-state index contributed by atoms with van der Waals surface area (Å²) in [5.41, 5.74) is 0.630. The molecule has 1 aromatic rings. The van der Waals surface area contributed by atoms with Gasteiger partial charge in [-0.15, -0.1) is 6.42 Å². The summed E-state index contributed by atoms with van der Waals surface area (Å²) < 4.78 is 5.37. The van der Waals surface area contributed by atoms with Gasteiger partial charge in [-0.2, -0.15) is 0 Å². The predicted molar refractivity (Wildman–Crippen MR) is 89.4 cm³/mol. The predicted octanol–water partition coefficient (Wildman–Crippen LogP) is 3.89. The van der Waals surface area contributed by atoms with E-state index in [2.05, 4.69) is 11.2 Å². The Labute approximate surface area is 140 Å². The number of nitrogens with one attached hydrogen (secondary N) is 1. The molecule has 1 aliphatic heterocycles. The van der Waals surface area contributed by atoms with Gasteiger partial charge >= 0.3 is 6.03 Å². The van der Waals surface area contributed by atoms with E-state index in [0.29, 0.717) is 41.4 Å². The molecule has 0 spiro atoms. The van der Waals surface area contributed by atoms with Gasteiger partial charge in [-0.05, 0) is 31.0 Å². The zero-order valence-corrected chi connectivity index (χ0v) is 13.7. The first-order chi connectivity index (χ1) is 10.6. The molecule has 1 fully saturated rings. The highest BCUT2D eigenvalue weighted by atomic mass is 35.5. The zero-order valence-electron chi connectivity index (χ0n) is 12.1. The second-order valence-corrected chi connectivity index (χ2v) is 6.05. The molecule has 1 aliphatic rings. The van der Waals surface area contributed by atoms with E-state index in [-0.39, 0.29) is 6.03 Å². The molecule has 1 aromatic carbocycles. The molecule has 2 amide bonds. The molecular formula is C16H18Cl2N2O2. The van der Waals surface area contributed by atoms with Gasteiger partial charge in [-0.1, -0.05) is 29.1 Å². The van der Waals surface area contributed by atoms with E-state index in [1.807, 2.05) is 0 Å². The third kappa shape index (κ3) is 4.81. The summed E-state index contributed by atoms with van der Waals surface area (Å²) >= 11 is 11.8. The molecule has 1 atom stereocenters. The SMILES string of the molecule is C#CCOCC1CCCN(C(=O)Nc2ccc(Cl)c(Cl)c2)C1. The number of piperidine rings is 1. The van der Waals surface area contributed by atoms with Crippen LogP contribution in [0, 0.1) is 18.3 Å². The number of anilines is 1. The summed E-state index contributed by atoms with van der Waals surface area (Å²) in [6.07, 6.45) is 7.16. The summed E-state index contributed by atoms with van der Waals surface area (Å²) in [7, 11) is 0. The van der Waals surface area contributed by atoms with Crippen molar-refractivity contribution < 1.29 is 9.53 Å². The van der Waals surface area contributed by atoms with E-state index >= 15 is 0 Å². The maximum absolute atomic E-state index is 12.3. The number of nitrogens with zero attached hydrogens (tertiary/aromatic N) is 1. The highest BCUT2D eigenvalue weighted by molar-refractivity contribution is 6.42. The summed E-state index contributed by atoms with van der Waals surface area (Å²) in [4.78, 5) is 14.1. The molecule has 0 radical (unpaired) electrons. The molecule has 1 unspecified atom stereocenters. The van der Waals surface area contributed by atoms with Crippen molar-refractivity contribution in [3.05, 3.63) is 28.2 Å². The smallest absolute Gasteiger partial charge is 0.321 e. The largest absolute Gasteiger partial charge is 0.368 e. The van der Waals surface area contributed by atoms with Crippen LogP contribution >= 0.6 is 23.2 Å². The Morgan fingerprint density at radius 1 is 1.45 bits per heavy atom. The number of rotatable bonds is 4. The van der Waals surface area contributed by atoms with E-state index in [9.17, 15) is 4.79 Å². The van der Waals surface area contributed by atoms with Gasteiger partial charge in [0.25, 0.3) is 0 Å². The minimum Gasteiger partial charge on any atom is -0.368 e. The van der Waals surface area contributed by atoms with Crippen molar-refractivity contribution >= 4 is 34.9 Å². The summed E-state index contributed by atoms with van der Waals surface area (Å²) in [5.74, 6) is 2.77. The molecule has 1 heterocycles. The highest BCUT2D eigenvalue weighted by Gasteiger charge is 2.23. The fourth-order valence-electron chi connectivity index (χ4n) is 2.45. The van der Waals surface area contributed by atoms with Gasteiger partial charge < -0.3 is 15.0 Å². The van der Waals surface area contributed by atoms with Crippen LogP contribution in [0.25, 0.3) is 0 Å². The van der Waals surface area contributed by atoms with Crippen molar-refractivity contribution in [2.45, 2.75) is 12.8 Å². The number of terminal acetylenes is 1. The highest BCUT2D eigenvalue weighted by Crippen LogP contribution is 2.25. The number of benzene rings is 1. The minimum atomic E-state index is -0.139. The lowest BCUT2D eigenvalue weighted by atomic mass is 9.99. The Bertz CT molecular complexity index is 572. The molecule has 0 aromatic heterocycles. The number of likely N-dealkylation sites (tertiary alicyclic amines) is 1. The van der Waals surface area contributed by atoms with E-state index in [1.165, 1.54) is 0 Å². The van der Waals surface area contributed by atoms with Crippen LogP contribution in [0.2, 0.25) is 10.0 Å². The monoisotopic (exact) mass is 340 g/mol. The average Bonchev–Trinajstić information content (AvgIpc) is 2.51. The first-order valence-electron chi connectivity index (χ1n) is 7.12. The van der Waals surface area contributed by atoms with Crippen LogP contribution < -0.4 is 5.32 Å². The quantitative estimate of drug-likeness (QED) is 0.667. The van der Waals surface area contributed by atoms with Crippen LogP contribution in [0.1, 0.15) is 12.8 Å². The van der Waals surface area contributed by atoms with Crippen LogP contribution in [0.4, 0.5) is 10.5 Å². The zero-order chi connectivity index (χ0) is 15.9. The number of carbonyl (C=O) groups is 1. The molecule has 1 N–H and O–H groups in total. The van der Waals surface area contributed by atoms with E-state index in [4.69, 9.17) is 34.4 Å². The molecule has 118 valence electrons. The maximum Gasteiger partial charge on any atom is 0.321 e. The maximum atomic E-state index is 12.3. The molecule has 22 heavy (non-hydrogen) atoms. The van der Waals surface area contributed by atoms with Crippen molar-refractivity contribution in [2.75, 3.05) is 31.6 Å². The van der Waals surface area contributed by atoms with Gasteiger partial charge in [0, 0.05) is 24.7 Å². The Kier molecular flexibility index (Phi) is 6.38. The fraction of sp³-hybridized carbons (Fsp3) is 0.438. The Morgan fingerprint density at radius 2 is 2.27 bits per heavy atom. The number of ether oxygens (including phenoxy) is 1. The number of hydrogen-bond acceptors (Lipinski definition) is 2. The molecule has 2 rings (SSSR count). The number of amides is 2. The first kappa shape index (κ1) is 17.0. The van der Waals surface area contributed by atoms with Gasteiger partial charge in [0.1, 0.15) is 6.61 Å². The van der Waals surface area contributed by atoms with Gasteiger partial charge in [-0.3, -0.25) is 0 Å². The number of carbonyl (C=O) groups excluding carboxylic acids is 1. The second-order valence-electron chi connectivity index (χ2n) is 5.23. The minimum absolute atomic E-state index is 0.139. The molecular weight excluding hydrogens is 323 g/mol. The van der Waals surface area contributed by atoms with Crippen LogP contribution in [0.3, 0.4) is 0 Å². The molecule has 1 saturated heterocycles. The lowest BCUT2D eigenvalue weighted by Crippen LogP contribution is -2.43. The first-order valence-corrected chi connectivity index (χ1v) is 7.88. The summed E-state index contributed by atoms with van der Waals surface area (Å²) in [6, 6.07) is 4.88. The molecule has 0 aliphatic carbocycles. The summed E-state index contributed by atoms with van der Waals surface area (Å²) in [6.45, 7) is 2.29. The van der Waals surface area contributed by atoms with Crippen molar-refractivity contribution in [2.24, 2.45) is 5.92 Å². The molecule has 4 nitrogen and oxygen atoms in total. The third-order valence-corrected chi connectivity index (χ3v) is 4.26. The molecule has 0 bridgehead atoms. The molecule has 0 saturated carbocycles. The molecule has 6 heteroatoms. The number of hydrogen-bond donors (Lipinski definition) is 1. The van der Waals surface area contributed by atoms with E-state index in [1.54, 1.807) is 23.1 Å². The van der Waals surface area contributed by atoms with E-state index in [0.717, 1.165) is 19.4 Å². The van der Waals surface area contributed by atoms with Crippen LogP contribution in [0.5, 0.6) is 0 Å². The summed E-state index contributed by atoms with van der Waals surface area (Å²) in [5, 5.41) is 3.72. The number of urea groups is 1. The lowest BCUT2D eigenvalue weighted by Gasteiger charge is -2.32. The van der Waals surface area contributed by atoms with Crippen molar-refractivity contribution in [3.8, 4) is 12.3 Å². The van der Waals surface area contributed by atoms with Crippen LogP contribution in [-0.4, -0.2) is 37.2 Å². The topological polar surface area (TPSA) is 41.6 Å². The van der Waals surface area contributed by atoms with Gasteiger partial charge in [0.2, 0.25) is 0 Å². The standard InChI is InChI=1S/C16H18Cl2N2O2/c1-2-8-22-11-12-4-3-7-20(10-12)16(21)19-13-5-6-14(17)15(18)9-13/h1,5-6,9,12H,3-4,7-8,10-11H2,(H,19,21). The van der Waals surface area contributed by atoms with Crippen molar-refractivity contribution in [3.63, 3.8) is 0 Å². The normalized spacial score (nSPS) is 17.9. The number of halogens is 2. The second kappa shape index (κ2) is 8.28. The van der Waals surface area contributed by atoms with Crippen molar-refractivity contribution in [1.29, 1.82) is 0 Å². The van der Waals surface area contributed by atoms with Gasteiger partial charge in [0.15, 0.2) is 0 Å². The van der Waals surface area contributed by atoms with Crippen LogP contribution in [0.15, 0.2) is 18.2 Å². The fourth-order valence-corrected chi connectivity index (χ4v) is 2.74. The van der Waals surface area contributed by atoms with Gasteiger partial charge in [0.05, 0.1) is 16.7 Å². The Morgan fingerprint density at radius 3 is 3.00 bits per heavy atom. The van der Waals surface area contributed by atoms with Crippen molar-refractivity contribution in [1.82, 2.24) is 4.90 Å². The average molecular weight is 341 g/mol. The third-order valence-electron chi connectivity index (χ3n) is 3.52. The Hall–Kier alpha value is -1.41. The lowest BCUT2D eigenvalue weighted by molar-refractivity contribution is 0.0883. The van der Waals surface area contributed by atoms with Crippen LogP contribution in [-0.2, 0) is 4.74 Å².